The second-order valence-corrected chi connectivity index (χ2v) is 5.30. The van der Waals surface area contributed by atoms with Crippen molar-refractivity contribution in [1.82, 2.24) is 4.90 Å². The van der Waals surface area contributed by atoms with Gasteiger partial charge in [0.15, 0.2) is 11.6 Å². The topological polar surface area (TPSA) is 49.8 Å². The van der Waals surface area contributed by atoms with Gasteiger partial charge >= 0.3 is 0 Å². The van der Waals surface area contributed by atoms with Crippen LogP contribution in [0.5, 0.6) is 0 Å². The third kappa shape index (κ3) is 5.44. The third-order valence-corrected chi connectivity index (χ3v) is 3.50. The number of methoxy groups -OCH3 is 1. The van der Waals surface area contributed by atoms with E-state index in [-0.39, 0.29) is 24.8 Å². The summed E-state index contributed by atoms with van der Waals surface area (Å²) in [6.45, 7) is 0.305. The summed E-state index contributed by atoms with van der Waals surface area (Å²) >= 11 is 1.11. The molecule has 0 aromatic heterocycles. The fraction of sp³-hybridized carbons (Fsp3) is 0.462. The number of carbonyl (C=O) groups excluding carboxylic acids is 1. The van der Waals surface area contributed by atoms with Crippen LogP contribution in [0.3, 0.4) is 0 Å². The predicted molar refractivity (Wildman–Crippen MR) is 72.6 cm³/mol. The molecule has 4 nitrogen and oxygen atoms in total. The molecular formula is C13H17F2NO3S. The number of nitrogens with zero attached hydrogens (tertiary/aromatic N) is 1. The Labute approximate surface area is 120 Å². The number of aliphatic hydroxyl groups is 1. The first kappa shape index (κ1) is 16.9. The van der Waals surface area contributed by atoms with Crippen LogP contribution in [0, 0.1) is 11.6 Å². The number of hydrogen-bond acceptors (Lipinski definition) is 4. The second kappa shape index (κ2) is 8.18. The zero-order valence-electron chi connectivity index (χ0n) is 11.3. The number of halogens is 2. The van der Waals surface area contributed by atoms with E-state index in [4.69, 9.17) is 4.74 Å². The van der Waals surface area contributed by atoms with Crippen LogP contribution in [-0.4, -0.2) is 55.1 Å². The van der Waals surface area contributed by atoms with Gasteiger partial charge in [0.25, 0.3) is 0 Å². The zero-order chi connectivity index (χ0) is 15.1. The van der Waals surface area contributed by atoms with E-state index in [0.29, 0.717) is 4.90 Å². The van der Waals surface area contributed by atoms with Crippen molar-refractivity contribution in [2.24, 2.45) is 0 Å². The minimum atomic E-state index is -0.939. The summed E-state index contributed by atoms with van der Waals surface area (Å²) in [5, 5.41) is 9.50. The molecule has 112 valence electrons. The number of ether oxygens (including phenoxy) is 1. The van der Waals surface area contributed by atoms with Crippen molar-refractivity contribution in [2.45, 2.75) is 11.0 Å². The van der Waals surface area contributed by atoms with Gasteiger partial charge in [0.05, 0.1) is 18.5 Å². The lowest BCUT2D eigenvalue weighted by molar-refractivity contribution is -0.128. The first-order valence-electron chi connectivity index (χ1n) is 5.93. The Bertz CT molecular complexity index is 459. The number of benzene rings is 1. The van der Waals surface area contributed by atoms with Crippen LogP contribution in [0.4, 0.5) is 8.78 Å². The van der Waals surface area contributed by atoms with Gasteiger partial charge in [-0.25, -0.2) is 8.78 Å². The molecule has 0 fully saturated rings. The maximum Gasteiger partial charge on any atom is 0.232 e. The Balaban J connectivity index is 2.44. The van der Waals surface area contributed by atoms with Crippen LogP contribution >= 0.6 is 11.8 Å². The van der Waals surface area contributed by atoms with Gasteiger partial charge in [0.2, 0.25) is 5.91 Å². The van der Waals surface area contributed by atoms with Crippen molar-refractivity contribution in [1.29, 1.82) is 0 Å². The molecule has 1 amide bonds. The number of aliphatic hydroxyl groups excluding tert-OH is 1. The van der Waals surface area contributed by atoms with E-state index >= 15 is 0 Å². The monoisotopic (exact) mass is 305 g/mol. The lowest BCUT2D eigenvalue weighted by atomic mass is 10.3. The second-order valence-electron chi connectivity index (χ2n) is 4.25. The number of hydrogen-bond donors (Lipinski definition) is 1. The fourth-order valence-corrected chi connectivity index (χ4v) is 2.35. The van der Waals surface area contributed by atoms with Crippen LogP contribution in [0.15, 0.2) is 23.1 Å². The van der Waals surface area contributed by atoms with Crippen LogP contribution < -0.4 is 0 Å². The van der Waals surface area contributed by atoms with E-state index in [1.54, 1.807) is 7.05 Å². The molecule has 7 heteroatoms. The smallest absolute Gasteiger partial charge is 0.232 e. The van der Waals surface area contributed by atoms with E-state index < -0.39 is 17.7 Å². The molecule has 0 saturated carbocycles. The van der Waals surface area contributed by atoms with E-state index in [9.17, 15) is 18.7 Å². The van der Waals surface area contributed by atoms with Crippen LogP contribution in [-0.2, 0) is 9.53 Å². The number of carbonyl (C=O) groups is 1. The highest BCUT2D eigenvalue weighted by atomic mass is 32.2. The number of amides is 1. The standard InChI is InChI=1S/C13H17F2NO3S/c1-16(6-9(17)7-19-2)13(18)8-20-10-3-4-11(14)12(15)5-10/h3-5,9,17H,6-8H2,1-2H3. The lowest BCUT2D eigenvalue weighted by Crippen LogP contribution is -2.37. The molecule has 1 N–H and O–H groups in total. The number of rotatable bonds is 7. The maximum absolute atomic E-state index is 13.0. The normalized spacial score (nSPS) is 12.2. The van der Waals surface area contributed by atoms with Gasteiger partial charge in [-0.05, 0) is 18.2 Å². The minimum absolute atomic E-state index is 0.0846. The molecule has 0 heterocycles. The average molecular weight is 305 g/mol. The Kier molecular flexibility index (Phi) is 6.90. The summed E-state index contributed by atoms with van der Waals surface area (Å²) < 4.78 is 30.5. The quantitative estimate of drug-likeness (QED) is 0.776. The molecule has 0 radical (unpaired) electrons. The van der Waals surface area contributed by atoms with Crippen molar-refractivity contribution in [3.8, 4) is 0 Å². The average Bonchev–Trinajstić information content (AvgIpc) is 2.39. The number of thioether (sulfide) groups is 1. The molecule has 20 heavy (non-hydrogen) atoms. The van der Waals surface area contributed by atoms with Crippen molar-refractivity contribution < 1.29 is 23.4 Å². The summed E-state index contributed by atoms with van der Waals surface area (Å²) in [5.74, 6) is -1.98. The lowest BCUT2D eigenvalue weighted by Gasteiger charge is -2.20. The molecule has 0 bridgehead atoms. The SMILES string of the molecule is COCC(O)CN(C)C(=O)CSc1ccc(F)c(F)c1. The van der Waals surface area contributed by atoms with Gasteiger partial charge in [-0.2, -0.15) is 0 Å². The van der Waals surface area contributed by atoms with Gasteiger partial charge in [-0.3, -0.25) is 4.79 Å². The van der Waals surface area contributed by atoms with Crippen LogP contribution in [0.25, 0.3) is 0 Å². The highest BCUT2D eigenvalue weighted by Gasteiger charge is 2.14. The van der Waals surface area contributed by atoms with Crippen molar-refractivity contribution in [3.05, 3.63) is 29.8 Å². The molecule has 1 unspecified atom stereocenters. The van der Waals surface area contributed by atoms with Gasteiger partial charge in [-0.1, -0.05) is 0 Å². The summed E-state index contributed by atoms with van der Waals surface area (Å²) in [4.78, 5) is 13.6. The van der Waals surface area contributed by atoms with Gasteiger partial charge in [-0.15, -0.1) is 11.8 Å². The molecule has 0 aliphatic rings. The first-order valence-corrected chi connectivity index (χ1v) is 6.91. The Morgan fingerprint density at radius 1 is 1.45 bits per heavy atom. The highest BCUT2D eigenvalue weighted by Crippen LogP contribution is 2.20. The molecular weight excluding hydrogens is 288 g/mol. The van der Waals surface area contributed by atoms with E-state index in [0.717, 1.165) is 23.9 Å². The third-order valence-electron chi connectivity index (χ3n) is 2.52. The largest absolute Gasteiger partial charge is 0.389 e. The van der Waals surface area contributed by atoms with Gasteiger partial charge in [0, 0.05) is 25.6 Å². The molecule has 1 aromatic carbocycles. The van der Waals surface area contributed by atoms with Gasteiger partial charge < -0.3 is 14.7 Å². The Hall–Kier alpha value is -1.18. The van der Waals surface area contributed by atoms with E-state index in [1.807, 2.05) is 0 Å². The van der Waals surface area contributed by atoms with Gasteiger partial charge in [0.1, 0.15) is 0 Å². The molecule has 0 aliphatic heterocycles. The Morgan fingerprint density at radius 2 is 2.15 bits per heavy atom. The molecule has 0 spiro atoms. The van der Waals surface area contributed by atoms with Crippen LogP contribution in [0.1, 0.15) is 0 Å². The Morgan fingerprint density at radius 3 is 2.75 bits per heavy atom. The predicted octanol–water partition coefficient (Wildman–Crippen LogP) is 1.52. The van der Waals surface area contributed by atoms with E-state index in [1.165, 1.54) is 18.1 Å². The fourth-order valence-electron chi connectivity index (χ4n) is 1.48. The van der Waals surface area contributed by atoms with Crippen molar-refractivity contribution in [2.75, 3.05) is 33.1 Å². The molecule has 1 aromatic rings. The minimum Gasteiger partial charge on any atom is -0.389 e. The van der Waals surface area contributed by atoms with Crippen molar-refractivity contribution >= 4 is 17.7 Å². The maximum atomic E-state index is 13.0. The summed E-state index contributed by atoms with van der Waals surface area (Å²) in [6, 6.07) is 3.48. The number of likely N-dealkylation sites (N-methyl/N-ethyl adjacent to an activating group) is 1. The molecule has 0 saturated heterocycles. The molecule has 1 rings (SSSR count). The van der Waals surface area contributed by atoms with Crippen LogP contribution in [0.2, 0.25) is 0 Å². The van der Waals surface area contributed by atoms with E-state index in [2.05, 4.69) is 0 Å². The highest BCUT2D eigenvalue weighted by molar-refractivity contribution is 8.00. The first-order chi connectivity index (χ1) is 9.43. The molecule has 1 atom stereocenters. The summed E-state index contributed by atoms with van der Waals surface area (Å²) in [7, 11) is 3.02. The molecule has 0 aliphatic carbocycles. The summed E-state index contributed by atoms with van der Waals surface area (Å²) in [6.07, 6.45) is -0.748. The van der Waals surface area contributed by atoms with Crippen molar-refractivity contribution in [3.63, 3.8) is 0 Å². The summed E-state index contributed by atoms with van der Waals surface area (Å²) in [5.41, 5.74) is 0. The zero-order valence-corrected chi connectivity index (χ0v) is 12.1.